The van der Waals surface area contributed by atoms with Crippen molar-refractivity contribution < 1.29 is 4.79 Å². The summed E-state index contributed by atoms with van der Waals surface area (Å²) in [7, 11) is 0. The van der Waals surface area contributed by atoms with Crippen LogP contribution in [0.4, 0.5) is 5.69 Å². The van der Waals surface area contributed by atoms with Crippen molar-refractivity contribution in [3.8, 4) is 0 Å². The number of amides is 1. The highest BCUT2D eigenvalue weighted by Crippen LogP contribution is 2.11. The van der Waals surface area contributed by atoms with E-state index >= 15 is 0 Å². The standard InChI is InChI=1S/C12H19N3O/c1-9(2)14-7-5-12(16)15-11-4-6-13-8-10(11)3/h4,6,8-9,14H,5,7H2,1-3H3,(H,13,15,16). The van der Waals surface area contributed by atoms with Crippen LogP contribution >= 0.6 is 0 Å². The van der Waals surface area contributed by atoms with E-state index < -0.39 is 0 Å². The summed E-state index contributed by atoms with van der Waals surface area (Å²) in [6.07, 6.45) is 3.90. The summed E-state index contributed by atoms with van der Waals surface area (Å²) in [5.41, 5.74) is 1.82. The number of hydrogen-bond donors (Lipinski definition) is 2. The summed E-state index contributed by atoms with van der Waals surface area (Å²) in [4.78, 5) is 15.5. The Labute approximate surface area is 96.5 Å². The lowest BCUT2D eigenvalue weighted by atomic mass is 10.2. The van der Waals surface area contributed by atoms with Crippen molar-refractivity contribution >= 4 is 11.6 Å². The number of carbonyl (C=O) groups excluding carboxylic acids is 1. The molecule has 2 N–H and O–H groups in total. The molecule has 88 valence electrons. The average Bonchev–Trinajstić information content (AvgIpc) is 2.21. The zero-order chi connectivity index (χ0) is 12.0. The van der Waals surface area contributed by atoms with Gasteiger partial charge in [-0.05, 0) is 18.6 Å². The van der Waals surface area contributed by atoms with Gasteiger partial charge in [0.05, 0.1) is 0 Å². The Kier molecular flexibility index (Phi) is 4.92. The second-order valence-electron chi connectivity index (χ2n) is 4.10. The van der Waals surface area contributed by atoms with Gasteiger partial charge < -0.3 is 10.6 Å². The third-order valence-electron chi connectivity index (χ3n) is 2.20. The van der Waals surface area contributed by atoms with Crippen molar-refractivity contribution in [1.29, 1.82) is 0 Å². The monoisotopic (exact) mass is 221 g/mol. The fraction of sp³-hybridized carbons (Fsp3) is 0.500. The van der Waals surface area contributed by atoms with Crippen LogP contribution in [0.3, 0.4) is 0 Å². The van der Waals surface area contributed by atoms with Gasteiger partial charge in [-0.3, -0.25) is 9.78 Å². The molecule has 0 aliphatic heterocycles. The smallest absolute Gasteiger partial charge is 0.225 e. The highest BCUT2D eigenvalue weighted by molar-refractivity contribution is 5.91. The Morgan fingerprint density at radius 1 is 1.50 bits per heavy atom. The summed E-state index contributed by atoms with van der Waals surface area (Å²) in [6.45, 7) is 6.75. The minimum absolute atomic E-state index is 0.0300. The third kappa shape index (κ3) is 4.40. The molecule has 0 aromatic carbocycles. The van der Waals surface area contributed by atoms with Crippen LogP contribution in [0.25, 0.3) is 0 Å². The SMILES string of the molecule is Cc1cnccc1NC(=O)CCNC(C)C. The molecule has 0 saturated carbocycles. The first-order valence-corrected chi connectivity index (χ1v) is 5.53. The molecular formula is C12H19N3O. The molecule has 0 aliphatic carbocycles. The van der Waals surface area contributed by atoms with Crippen LogP contribution < -0.4 is 10.6 Å². The Morgan fingerprint density at radius 2 is 2.25 bits per heavy atom. The van der Waals surface area contributed by atoms with Crippen molar-refractivity contribution in [2.24, 2.45) is 0 Å². The second-order valence-corrected chi connectivity index (χ2v) is 4.10. The summed E-state index contributed by atoms with van der Waals surface area (Å²) in [5.74, 6) is 0.0300. The van der Waals surface area contributed by atoms with E-state index in [-0.39, 0.29) is 5.91 Å². The number of pyridine rings is 1. The molecule has 0 saturated heterocycles. The first-order chi connectivity index (χ1) is 7.59. The van der Waals surface area contributed by atoms with Crippen molar-refractivity contribution in [1.82, 2.24) is 10.3 Å². The molecule has 4 heteroatoms. The second kappa shape index (κ2) is 6.23. The van der Waals surface area contributed by atoms with Gasteiger partial charge in [0.2, 0.25) is 5.91 Å². The lowest BCUT2D eigenvalue weighted by Crippen LogP contribution is -2.27. The molecule has 1 amide bonds. The van der Waals surface area contributed by atoms with E-state index in [0.717, 1.165) is 11.3 Å². The summed E-state index contributed by atoms with van der Waals surface area (Å²) in [5, 5.41) is 6.07. The highest BCUT2D eigenvalue weighted by Gasteiger charge is 2.04. The summed E-state index contributed by atoms with van der Waals surface area (Å²) < 4.78 is 0. The summed E-state index contributed by atoms with van der Waals surface area (Å²) in [6, 6.07) is 2.22. The van der Waals surface area contributed by atoms with Gasteiger partial charge in [-0.25, -0.2) is 0 Å². The van der Waals surface area contributed by atoms with Crippen LogP contribution in [0.1, 0.15) is 25.8 Å². The largest absolute Gasteiger partial charge is 0.326 e. The Bertz CT molecular complexity index is 350. The molecule has 0 radical (unpaired) electrons. The number of carbonyl (C=O) groups is 1. The van der Waals surface area contributed by atoms with Crippen molar-refractivity contribution in [2.75, 3.05) is 11.9 Å². The molecule has 1 heterocycles. The van der Waals surface area contributed by atoms with Gasteiger partial charge in [0.15, 0.2) is 0 Å². The molecule has 0 aliphatic rings. The normalized spacial score (nSPS) is 10.5. The molecule has 16 heavy (non-hydrogen) atoms. The number of aryl methyl sites for hydroxylation is 1. The van der Waals surface area contributed by atoms with Gasteiger partial charge in [-0.1, -0.05) is 13.8 Å². The number of aromatic nitrogens is 1. The topological polar surface area (TPSA) is 54.0 Å². The minimum Gasteiger partial charge on any atom is -0.326 e. The molecule has 0 bridgehead atoms. The molecule has 0 spiro atoms. The maximum atomic E-state index is 11.6. The summed E-state index contributed by atoms with van der Waals surface area (Å²) >= 11 is 0. The molecule has 1 rings (SSSR count). The predicted molar refractivity (Wildman–Crippen MR) is 65.4 cm³/mol. The maximum absolute atomic E-state index is 11.6. The molecule has 4 nitrogen and oxygen atoms in total. The van der Waals surface area contributed by atoms with Gasteiger partial charge in [-0.15, -0.1) is 0 Å². The molecule has 0 unspecified atom stereocenters. The average molecular weight is 221 g/mol. The zero-order valence-corrected chi connectivity index (χ0v) is 10.1. The Morgan fingerprint density at radius 3 is 2.88 bits per heavy atom. The third-order valence-corrected chi connectivity index (χ3v) is 2.20. The Balaban J connectivity index is 2.37. The maximum Gasteiger partial charge on any atom is 0.225 e. The number of nitrogens with one attached hydrogen (secondary N) is 2. The molecular weight excluding hydrogens is 202 g/mol. The fourth-order valence-electron chi connectivity index (χ4n) is 1.30. The van der Waals surface area contributed by atoms with Crippen LogP contribution in [0.5, 0.6) is 0 Å². The molecule has 0 atom stereocenters. The first-order valence-electron chi connectivity index (χ1n) is 5.53. The van der Waals surface area contributed by atoms with Crippen LogP contribution in [0.15, 0.2) is 18.5 Å². The van der Waals surface area contributed by atoms with E-state index in [0.29, 0.717) is 19.0 Å². The molecule has 1 aromatic heterocycles. The van der Waals surface area contributed by atoms with E-state index in [2.05, 4.69) is 29.5 Å². The first kappa shape index (κ1) is 12.6. The van der Waals surface area contributed by atoms with Crippen molar-refractivity contribution in [3.63, 3.8) is 0 Å². The van der Waals surface area contributed by atoms with E-state index in [9.17, 15) is 4.79 Å². The predicted octanol–water partition coefficient (Wildman–Crippen LogP) is 1.72. The highest BCUT2D eigenvalue weighted by atomic mass is 16.1. The van der Waals surface area contributed by atoms with Crippen LogP contribution in [0, 0.1) is 6.92 Å². The van der Waals surface area contributed by atoms with E-state index in [1.165, 1.54) is 0 Å². The van der Waals surface area contributed by atoms with Crippen LogP contribution in [-0.2, 0) is 4.79 Å². The van der Waals surface area contributed by atoms with Crippen molar-refractivity contribution in [2.45, 2.75) is 33.2 Å². The molecule has 1 aromatic rings. The van der Waals surface area contributed by atoms with Gasteiger partial charge in [0, 0.05) is 37.1 Å². The lowest BCUT2D eigenvalue weighted by Gasteiger charge is -2.09. The van der Waals surface area contributed by atoms with Gasteiger partial charge in [0.1, 0.15) is 0 Å². The Hall–Kier alpha value is -1.42. The van der Waals surface area contributed by atoms with E-state index in [4.69, 9.17) is 0 Å². The van der Waals surface area contributed by atoms with Gasteiger partial charge >= 0.3 is 0 Å². The minimum atomic E-state index is 0.0300. The van der Waals surface area contributed by atoms with E-state index in [1.54, 1.807) is 12.4 Å². The number of nitrogens with zero attached hydrogens (tertiary/aromatic N) is 1. The van der Waals surface area contributed by atoms with E-state index in [1.807, 2.05) is 13.0 Å². The molecule has 0 fully saturated rings. The number of hydrogen-bond acceptors (Lipinski definition) is 3. The zero-order valence-electron chi connectivity index (χ0n) is 10.1. The van der Waals surface area contributed by atoms with Gasteiger partial charge in [0.25, 0.3) is 0 Å². The quantitative estimate of drug-likeness (QED) is 0.796. The van der Waals surface area contributed by atoms with Gasteiger partial charge in [-0.2, -0.15) is 0 Å². The number of anilines is 1. The lowest BCUT2D eigenvalue weighted by molar-refractivity contribution is -0.116. The van der Waals surface area contributed by atoms with Crippen LogP contribution in [0.2, 0.25) is 0 Å². The van der Waals surface area contributed by atoms with Crippen LogP contribution in [-0.4, -0.2) is 23.5 Å². The number of rotatable bonds is 5. The fourth-order valence-corrected chi connectivity index (χ4v) is 1.30. The van der Waals surface area contributed by atoms with Crippen molar-refractivity contribution in [3.05, 3.63) is 24.0 Å².